The van der Waals surface area contributed by atoms with Gasteiger partial charge in [0.1, 0.15) is 34.7 Å². The monoisotopic (exact) mass is 752 g/mol. The van der Waals surface area contributed by atoms with Crippen molar-refractivity contribution in [3.05, 3.63) is 23.3 Å². The molecule has 2 heterocycles. The molecule has 0 aromatic carbocycles. The highest BCUT2D eigenvalue weighted by atomic mass is 32.1. The van der Waals surface area contributed by atoms with Gasteiger partial charge in [0, 0.05) is 29.1 Å². The lowest BCUT2D eigenvalue weighted by Crippen LogP contribution is -2.41. The van der Waals surface area contributed by atoms with Crippen LogP contribution in [0.2, 0.25) is 0 Å². The van der Waals surface area contributed by atoms with Crippen molar-refractivity contribution in [2.24, 2.45) is 57.3 Å². The van der Waals surface area contributed by atoms with E-state index in [1.807, 2.05) is 12.1 Å². The molecule has 7 saturated carbocycles. The summed E-state index contributed by atoms with van der Waals surface area (Å²) in [5, 5.41) is 1.17. The molecule has 1 spiro atoms. The maximum absolute atomic E-state index is 14.2. The number of ketones is 4. The fourth-order valence-corrected chi connectivity index (χ4v) is 14.4. The van der Waals surface area contributed by atoms with Crippen LogP contribution in [0.3, 0.4) is 0 Å². The van der Waals surface area contributed by atoms with Gasteiger partial charge in [-0.15, -0.1) is 22.7 Å². The van der Waals surface area contributed by atoms with Crippen molar-refractivity contribution >= 4 is 67.2 Å². The number of hydrogen-bond donors (Lipinski definition) is 0. The Morgan fingerprint density at radius 2 is 0.827 bits per heavy atom. The third kappa shape index (κ3) is 4.90. The van der Waals surface area contributed by atoms with E-state index in [4.69, 9.17) is 9.98 Å². The van der Waals surface area contributed by atoms with Gasteiger partial charge in [-0.05, 0) is 111 Å². The zero-order valence-corrected chi connectivity index (χ0v) is 30.3. The fraction of sp³-hybridized carbons (Fsp3) is 0.650. The van der Waals surface area contributed by atoms with Gasteiger partial charge in [0.2, 0.25) is 0 Å². The molecule has 0 aliphatic heterocycles. The van der Waals surface area contributed by atoms with Crippen LogP contribution in [0.1, 0.15) is 94.6 Å². The van der Waals surface area contributed by atoms with Gasteiger partial charge in [0.15, 0.2) is 34.6 Å². The first kappa shape index (κ1) is 33.7. The van der Waals surface area contributed by atoms with Gasteiger partial charge in [-0.3, -0.25) is 19.2 Å². The quantitative estimate of drug-likeness (QED) is 0.287. The lowest BCUT2D eigenvalue weighted by atomic mass is 9.63. The van der Waals surface area contributed by atoms with Crippen LogP contribution in [-0.2, 0) is 24.6 Å². The van der Waals surface area contributed by atoms with Crippen LogP contribution in [0.5, 0.6) is 0 Å². The second-order valence-electron chi connectivity index (χ2n) is 17.1. The number of carbonyl (C=O) groups excluding carboxylic acids is 4. The van der Waals surface area contributed by atoms with Gasteiger partial charge in [-0.2, -0.15) is 0 Å². The van der Waals surface area contributed by atoms with E-state index in [2.05, 4.69) is 0 Å². The summed E-state index contributed by atoms with van der Waals surface area (Å²) >= 11 is 2.88. The molecule has 10 rings (SSSR count). The zero-order valence-electron chi connectivity index (χ0n) is 28.6. The van der Waals surface area contributed by atoms with Crippen molar-refractivity contribution in [1.82, 2.24) is 0 Å². The Morgan fingerprint density at radius 1 is 0.500 bits per heavy atom. The lowest BCUT2D eigenvalue weighted by molar-refractivity contribution is -0.124. The molecule has 12 heteroatoms. The van der Waals surface area contributed by atoms with Crippen molar-refractivity contribution in [2.75, 3.05) is 0 Å². The molecule has 2 aromatic heterocycles. The fourth-order valence-electron chi connectivity index (χ4n) is 11.9. The second kappa shape index (κ2) is 12.1. The maximum Gasteiger partial charge on any atom is 0.188 e. The van der Waals surface area contributed by atoms with E-state index in [1.54, 1.807) is 0 Å². The summed E-state index contributed by atoms with van der Waals surface area (Å²) < 4.78 is 56.9. The molecule has 12 atom stereocenters. The molecule has 8 aliphatic rings. The number of fused-ring (bicyclic) bond motifs is 9. The summed E-state index contributed by atoms with van der Waals surface area (Å²) in [5.41, 5.74) is 1.91. The second-order valence-corrected chi connectivity index (χ2v) is 19.2. The van der Waals surface area contributed by atoms with Crippen LogP contribution < -0.4 is 0 Å². The summed E-state index contributed by atoms with van der Waals surface area (Å²) in [6, 6.07) is 4.05. The van der Waals surface area contributed by atoms with Crippen LogP contribution in [0.4, 0.5) is 27.6 Å². The lowest BCUT2D eigenvalue weighted by Gasteiger charge is -2.42. The van der Waals surface area contributed by atoms with Crippen LogP contribution in [0, 0.1) is 47.3 Å². The number of nitrogens with zero attached hydrogens (tertiary/aromatic N) is 2. The summed E-state index contributed by atoms with van der Waals surface area (Å²) in [6.45, 7) is 0. The minimum Gasteiger partial charge on any atom is -0.292 e. The Balaban J connectivity index is 0.955. The predicted octanol–water partition coefficient (Wildman–Crippen LogP) is 8.95. The van der Waals surface area contributed by atoms with E-state index in [1.165, 1.54) is 22.7 Å². The SMILES string of the molecule is O=C1C(=Nc2cc3c(s2)-c2sc(N=C4C(=O)C5CC6CC(F)C(F)CC6CC5C4=O)cc2C32CCCCC2)C(=O)C2CC3CC(F)C(F)CC3CC12. The molecule has 0 saturated heterocycles. The third-order valence-corrected chi connectivity index (χ3v) is 16.8. The first-order valence-corrected chi connectivity index (χ1v) is 20.8. The Hall–Kier alpha value is -2.86. The van der Waals surface area contributed by atoms with Crippen molar-refractivity contribution < 1.29 is 36.7 Å². The number of alkyl halides is 4. The molecule has 0 amide bonds. The molecular weight excluding hydrogens is 713 g/mol. The minimum atomic E-state index is -1.51. The Kier molecular flexibility index (Phi) is 7.82. The predicted molar refractivity (Wildman–Crippen MR) is 190 cm³/mol. The highest BCUT2D eigenvalue weighted by molar-refractivity contribution is 7.26. The van der Waals surface area contributed by atoms with Gasteiger partial charge >= 0.3 is 0 Å². The number of rotatable bonds is 2. The highest BCUT2D eigenvalue weighted by Gasteiger charge is 2.56. The third-order valence-electron chi connectivity index (χ3n) is 14.5. The van der Waals surface area contributed by atoms with Gasteiger partial charge < -0.3 is 0 Å². The Bertz CT molecular complexity index is 1770. The number of aliphatic imine (C=N–C) groups is 2. The first-order chi connectivity index (χ1) is 25.0. The van der Waals surface area contributed by atoms with E-state index in [0.29, 0.717) is 35.7 Å². The smallest absolute Gasteiger partial charge is 0.188 e. The van der Waals surface area contributed by atoms with Gasteiger partial charge in [-0.1, -0.05) is 19.3 Å². The minimum absolute atomic E-state index is 0.0398. The van der Waals surface area contributed by atoms with Crippen molar-refractivity contribution in [3.8, 4) is 9.75 Å². The average Bonchev–Trinajstić information content (AvgIpc) is 3.89. The molecule has 0 radical (unpaired) electrons. The molecule has 8 aliphatic carbocycles. The van der Waals surface area contributed by atoms with Gasteiger partial charge in [0.05, 0.1) is 9.75 Å². The van der Waals surface area contributed by atoms with Crippen molar-refractivity contribution in [1.29, 1.82) is 0 Å². The highest BCUT2D eigenvalue weighted by Crippen LogP contribution is 2.63. The number of carbonyl (C=O) groups is 4. The molecule has 274 valence electrons. The van der Waals surface area contributed by atoms with Gasteiger partial charge in [-0.25, -0.2) is 27.5 Å². The van der Waals surface area contributed by atoms with Crippen LogP contribution in [0.15, 0.2) is 22.1 Å². The number of hydrogen-bond acceptors (Lipinski definition) is 8. The summed E-state index contributed by atoms with van der Waals surface area (Å²) in [6.07, 6.45) is 0.985. The van der Waals surface area contributed by atoms with Crippen molar-refractivity contribution in [2.45, 2.75) is 114 Å². The van der Waals surface area contributed by atoms with E-state index >= 15 is 0 Å². The molecule has 52 heavy (non-hydrogen) atoms. The van der Waals surface area contributed by atoms with E-state index < -0.39 is 48.4 Å². The number of thiophene rings is 2. The average molecular weight is 753 g/mol. The molecular formula is C40H40F4N2O4S2. The Morgan fingerprint density at radius 3 is 1.15 bits per heavy atom. The standard InChI is InChI=1S/C40H40F4N2O4S2/c41-26-10-16-6-20-21(7-17(16)11-27(26)42)35(48)32(34(20)47)45-30-14-24-38(51-30)39-25(40(24)4-2-1-3-5-40)15-31(52-39)46-33-36(49)22-8-18-12-28(43)29(44)13-19(18)9-23(22)37(33)50/h14-23,26-29H,1-13H2. The van der Waals surface area contributed by atoms with E-state index in [9.17, 15) is 36.7 Å². The normalized spacial score (nSPS) is 40.3. The molecule has 2 aromatic rings. The molecule has 12 unspecified atom stereocenters. The maximum atomic E-state index is 14.2. The molecule has 6 nitrogen and oxygen atoms in total. The first-order valence-electron chi connectivity index (χ1n) is 19.2. The molecule has 0 N–H and O–H groups in total. The summed E-state index contributed by atoms with van der Waals surface area (Å²) in [4.78, 5) is 66.1. The largest absolute Gasteiger partial charge is 0.292 e. The van der Waals surface area contributed by atoms with Crippen LogP contribution >= 0.6 is 22.7 Å². The number of Topliss-reactive ketones (excluding diaryl/α,β-unsaturated/α-hetero) is 4. The molecule has 7 fully saturated rings. The number of halogens is 4. The summed E-state index contributed by atoms with van der Waals surface area (Å²) in [7, 11) is 0. The topological polar surface area (TPSA) is 93.0 Å². The van der Waals surface area contributed by atoms with Crippen LogP contribution in [0.25, 0.3) is 9.75 Å². The van der Waals surface area contributed by atoms with E-state index in [-0.39, 0.29) is 89.3 Å². The van der Waals surface area contributed by atoms with Crippen LogP contribution in [-0.4, -0.2) is 59.2 Å². The summed E-state index contributed by atoms with van der Waals surface area (Å²) in [5.74, 6) is -3.57. The van der Waals surface area contributed by atoms with E-state index in [0.717, 1.165) is 53.0 Å². The molecule has 0 bridgehead atoms. The van der Waals surface area contributed by atoms with Gasteiger partial charge in [0.25, 0.3) is 0 Å². The Labute approximate surface area is 306 Å². The zero-order chi connectivity index (χ0) is 35.8. The van der Waals surface area contributed by atoms with Crippen molar-refractivity contribution in [3.63, 3.8) is 0 Å².